The van der Waals surface area contributed by atoms with Gasteiger partial charge in [-0.05, 0) is 5.56 Å². The molecule has 0 atom stereocenters. The normalized spacial score (nSPS) is 11.5. The van der Waals surface area contributed by atoms with E-state index in [1.807, 2.05) is 0 Å². The summed E-state index contributed by atoms with van der Waals surface area (Å²) in [5, 5.41) is 4.85. The average molecular weight is 240 g/mol. The molecule has 0 saturated heterocycles. The van der Waals surface area contributed by atoms with E-state index in [0.717, 1.165) is 6.07 Å². The number of hydrogen-bond donors (Lipinski definition) is 1. The van der Waals surface area contributed by atoms with Crippen molar-refractivity contribution in [2.24, 2.45) is 0 Å². The van der Waals surface area contributed by atoms with Gasteiger partial charge in [0, 0.05) is 11.6 Å². The molecule has 0 spiro atoms. The van der Waals surface area contributed by atoms with Crippen molar-refractivity contribution in [1.29, 1.82) is 0 Å². The molecule has 1 aromatic heterocycles. The first-order valence-corrected chi connectivity index (χ1v) is 4.71. The number of H-pyrrole nitrogens is 1. The monoisotopic (exact) mass is 240 g/mol. The topological polar surface area (TPSA) is 45.8 Å². The van der Waals surface area contributed by atoms with Crippen molar-refractivity contribution in [2.45, 2.75) is 6.18 Å². The van der Waals surface area contributed by atoms with Gasteiger partial charge in [-0.25, -0.2) is 5.10 Å². The summed E-state index contributed by atoms with van der Waals surface area (Å²) in [6.07, 6.45) is -4.60. The third-order valence-corrected chi connectivity index (χ3v) is 2.16. The van der Waals surface area contributed by atoms with Crippen LogP contribution in [-0.4, -0.2) is 10.2 Å². The first kappa shape index (κ1) is 11.4. The van der Waals surface area contributed by atoms with Crippen LogP contribution in [0.5, 0.6) is 0 Å². The van der Waals surface area contributed by atoms with Crippen LogP contribution in [0.4, 0.5) is 13.2 Å². The zero-order chi connectivity index (χ0) is 12.5. The van der Waals surface area contributed by atoms with Crippen LogP contribution in [0.3, 0.4) is 0 Å². The summed E-state index contributed by atoms with van der Waals surface area (Å²) < 4.78 is 38.0. The number of halogens is 3. The number of aromatic nitrogens is 2. The Morgan fingerprint density at radius 1 is 1.12 bits per heavy atom. The maximum atomic E-state index is 12.7. The van der Waals surface area contributed by atoms with E-state index < -0.39 is 17.4 Å². The lowest BCUT2D eigenvalue weighted by Crippen LogP contribution is -2.17. The molecule has 88 valence electrons. The van der Waals surface area contributed by atoms with Crippen LogP contribution in [0.25, 0.3) is 11.1 Å². The number of nitrogens with zero attached hydrogens (tertiary/aromatic N) is 1. The quantitative estimate of drug-likeness (QED) is 0.832. The van der Waals surface area contributed by atoms with Crippen molar-refractivity contribution in [3.05, 3.63) is 52.4 Å². The fraction of sp³-hybridized carbons (Fsp3) is 0.0909. The van der Waals surface area contributed by atoms with Gasteiger partial charge in [-0.1, -0.05) is 30.3 Å². The number of benzene rings is 1. The molecule has 2 rings (SSSR count). The van der Waals surface area contributed by atoms with E-state index in [9.17, 15) is 18.0 Å². The lowest BCUT2D eigenvalue weighted by atomic mass is 10.0. The summed E-state index contributed by atoms with van der Waals surface area (Å²) in [5.74, 6) is 0. The van der Waals surface area contributed by atoms with Crippen LogP contribution in [-0.2, 0) is 6.18 Å². The SMILES string of the molecule is O=c1cc(-c2ccccc2)c(C(F)(F)F)n[nH]1. The molecule has 3 nitrogen and oxygen atoms in total. The molecule has 1 N–H and O–H groups in total. The Morgan fingerprint density at radius 3 is 2.35 bits per heavy atom. The molecule has 1 heterocycles. The van der Waals surface area contributed by atoms with Gasteiger partial charge < -0.3 is 0 Å². The Hall–Kier alpha value is -2.11. The predicted molar refractivity (Wildman–Crippen MR) is 55.3 cm³/mol. The molecule has 0 bridgehead atoms. The molecule has 17 heavy (non-hydrogen) atoms. The van der Waals surface area contributed by atoms with Gasteiger partial charge in [0.15, 0.2) is 5.69 Å². The van der Waals surface area contributed by atoms with E-state index in [2.05, 4.69) is 5.10 Å². The minimum atomic E-state index is -4.60. The van der Waals surface area contributed by atoms with E-state index in [1.54, 1.807) is 23.3 Å². The number of hydrogen-bond acceptors (Lipinski definition) is 2. The fourth-order valence-electron chi connectivity index (χ4n) is 1.46. The van der Waals surface area contributed by atoms with E-state index in [-0.39, 0.29) is 5.56 Å². The van der Waals surface area contributed by atoms with Crippen LogP contribution in [0.1, 0.15) is 5.69 Å². The van der Waals surface area contributed by atoms with Gasteiger partial charge in [0.05, 0.1) is 0 Å². The minimum Gasteiger partial charge on any atom is -0.268 e. The second-order valence-corrected chi connectivity index (χ2v) is 3.36. The van der Waals surface area contributed by atoms with Crippen molar-refractivity contribution < 1.29 is 13.2 Å². The third kappa shape index (κ3) is 2.35. The lowest BCUT2D eigenvalue weighted by molar-refractivity contribution is -0.141. The van der Waals surface area contributed by atoms with Gasteiger partial charge in [-0.3, -0.25) is 4.79 Å². The molecule has 0 aliphatic rings. The highest BCUT2D eigenvalue weighted by Crippen LogP contribution is 2.34. The van der Waals surface area contributed by atoms with Crippen molar-refractivity contribution in [2.75, 3.05) is 0 Å². The van der Waals surface area contributed by atoms with E-state index in [1.165, 1.54) is 12.1 Å². The summed E-state index contributed by atoms with van der Waals surface area (Å²) in [5.41, 5.74) is -1.68. The fourth-order valence-corrected chi connectivity index (χ4v) is 1.46. The second kappa shape index (κ2) is 4.04. The Balaban J connectivity index is 2.68. The average Bonchev–Trinajstić information content (AvgIpc) is 2.28. The third-order valence-electron chi connectivity index (χ3n) is 2.16. The highest BCUT2D eigenvalue weighted by molar-refractivity contribution is 5.65. The van der Waals surface area contributed by atoms with Gasteiger partial charge in [-0.2, -0.15) is 18.3 Å². The molecule has 2 aromatic rings. The molecule has 6 heteroatoms. The van der Waals surface area contributed by atoms with Crippen molar-refractivity contribution in [3.63, 3.8) is 0 Å². The largest absolute Gasteiger partial charge is 0.435 e. The first-order chi connectivity index (χ1) is 7.98. The molecule has 1 aromatic carbocycles. The van der Waals surface area contributed by atoms with Crippen LogP contribution in [0, 0.1) is 0 Å². The minimum absolute atomic E-state index is 0.221. The van der Waals surface area contributed by atoms with Gasteiger partial charge in [0.2, 0.25) is 0 Å². The highest BCUT2D eigenvalue weighted by atomic mass is 19.4. The predicted octanol–water partition coefficient (Wildman–Crippen LogP) is 2.46. The summed E-state index contributed by atoms with van der Waals surface area (Å²) >= 11 is 0. The Kier molecular flexibility index (Phi) is 2.71. The summed E-state index contributed by atoms with van der Waals surface area (Å²) in [6.45, 7) is 0. The van der Waals surface area contributed by atoms with Crippen molar-refractivity contribution in [1.82, 2.24) is 10.2 Å². The molecular formula is C11H7F3N2O. The first-order valence-electron chi connectivity index (χ1n) is 4.71. The van der Waals surface area contributed by atoms with Crippen LogP contribution in [0.2, 0.25) is 0 Å². The molecule has 0 amide bonds. The molecular weight excluding hydrogens is 233 g/mol. The zero-order valence-corrected chi connectivity index (χ0v) is 8.45. The highest BCUT2D eigenvalue weighted by Gasteiger charge is 2.36. The Morgan fingerprint density at radius 2 is 1.76 bits per heavy atom. The molecule has 0 fully saturated rings. The van der Waals surface area contributed by atoms with Gasteiger partial charge in [0.1, 0.15) is 0 Å². The van der Waals surface area contributed by atoms with Gasteiger partial charge >= 0.3 is 6.18 Å². The summed E-state index contributed by atoms with van der Waals surface area (Å²) in [7, 11) is 0. The van der Waals surface area contributed by atoms with Crippen LogP contribution >= 0.6 is 0 Å². The van der Waals surface area contributed by atoms with Crippen molar-refractivity contribution >= 4 is 0 Å². The lowest BCUT2D eigenvalue weighted by Gasteiger charge is -2.10. The number of aromatic amines is 1. The zero-order valence-electron chi connectivity index (χ0n) is 8.45. The van der Waals surface area contributed by atoms with E-state index in [0.29, 0.717) is 5.56 Å². The number of nitrogens with one attached hydrogen (secondary N) is 1. The van der Waals surface area contributed by atoms with Crippen LogP contribution < -0.4 is 5.56 Å². The summed E-state index contributed by atoms with van der Waals surface area (Å²) in [6, 6.07) is 8.74. The van der Waals surface area contributed by atoms with Crippen molar-refractivity contribution in [3.8, 4) is 11.1 Å². The smallest absolute Gasteiger partial charge is 0.268 e. The molecule has 0 aliphatic heterocycles. The van der Waals surface area contributed by atoms with E-state index >= 15 is 0 Å². The Bertz CT molecular complexity index is 575. The number of alkyl halides is 3. The molecule has 0 radical (unpaired) electrons. The van der Waals surface area contributed by atoms with E-state index in [4.69, 9.17) is 0 Å². The van der Waals surface area contributed by atoms with Gasteiger partial charge in [-0.15, -0.1) is 0 Å². The molecule has 0 saturated carbocycles. The standard InChI is InChI=1S/C11H7F3N2O/c12-11(13,14)10-8(6-9(17)15-16-10)7-4-2-1-3-5-7/h1-6H,(H,15,17). The maximum Gasteiger partial charge on any atom is 0.435 e. The molecule has 0 unspecified atom stereocenters. The molecule has 0 aliphatic carbocycles. The maximum absolute atomic E-state index is 12.7. The Labute approximate surface area is 93.9 Å². The van der Waals surface area contributed by atoms with Crippen LogP contribution in [0.15, 0.2) is 41.2 Å². The summed E-state index contributed by atoms with van der Waals surface area (Å²) in [4.78, 5) is 11.1. The number of rotatable bonds is 1. The second-order valence-electron chi connectivity index (χ2n) is 3.36. The van der Waals surface area contributed by atoms with Gasteiger partial charge in [0.25, 0.3) is 5.56 Å².